The van der Waals surface area contributed by atoms with Crippen molar-refractivity contribution in [3.8, 4) is 0 Å². The molecule has 3 amide bonds. The molecule has 1 aliphatic rings. The predicted octanol–water partition coefficient (Wildman–Crippen LogP) is 4.01. The highest BCUT2D eigenvalue weighted by Gasteiger charge is 2.35. The Kier molecular flexibility index (Phi) is 6.01. The van der Waals surface area contributed by atoms with E-state index in [9.17, 15) is 9.59 Å². The molecular weight excluding hydrogens is 380 g/mol. The van der Waals surface area contributed by atoms with Crippen molar-refractivity contribution in [2.75, 3.05) is 13.6 Å². The lowest BCUT2D eigenvalue weighted by Crippen LogP contribution is -2.49. The molecule has 1 aromatic heterocycles. The average molecular weight is 411 g/mol. The fourth-order valence-electron chi connectivity index (χ4n) is 3.30. The number of hydrogen-bond donors (Lipinski definition) is 1. The highest BCUT2D eigenvalue weighted by Crippen LogP contribution is 2.33. The van der Waals surface area contributed by atoms with Crippen molar-refractivity contribution >= 4 is 17.6 Å². The van der Waals surface area contributed by atoms with E-state index in [1.54, 1.807) is 19.4 Å². The Bertz CT molecular complexity index is 957. The Morgan fingerprint density at radius 1 is 1.23 bits per heavy atom. The summed E-state index contributed by atoms with van der Waals surface area (Å²) in [5.41, 5.74) is 3.82. The maximum atomic E-state index is 13.1. The van der Waals surface area contributed by atoms with Gasteiger partial charge in [0.2, 0.25) is 0 Å². The monoisotopic (exact) mass is 410 g/mol. The number of furan rings is 1. The zero-order valence-corrected chi connectivity index (χ0v) is 18.5. The van der Waals surface area contributed by atoms with Gasteiger partial charge in [0.1, 0.15) is 18.3 Å². The number of urea groups is 1. The highest BCUT2D eigenvalue weighted by atomic mass is 16.3. The fraction of sp³-hybridized carbons (Fsp3) is 0.435. The van der Waals surface area contributed by atoms with Gasteiger partial charge in [0.25, 0.3) is 5.91 Å². The topological polar surface area (TPSA) is 78.2 Å². The van der Waals surface area contributed by atoms with Crippen LogP contribution < -0.4 is 5.32 Å². The molecule has 1 aromatic carbocycles. The quantitative estimate of drug-likeness (QED) is 0.827. The van der Waals surface area contributed by atoms with Crippen LogP contribution in [0.25, 0.3) is 0 Å². The van der Waals surface area contributed by atoms with Gasteiger partial charge in [-0.05, 0) is 69.5 Å². The number of nitrogens with one attached hydrogen (secondary N) is 1. The molecule has 2 heterocycles. The third-order valence-electron chi connectivity index (χ3n) is 5.08. The third kappa shape index (κ3) is 4.90. The number of amides is 3. The van der Waals surface area contributed by atoms with Crippen molar-refractivity contribution in [2.45, 2.75) is 52.6 Å². The molecule has 1 aliphatic heterocycles. The van der Waals surface area contributed by atoms with Crippen LogP contribution in [0.2, 0.25) is 0 Å². The third-order valence-corrected chi connectivity index (χ3v) is 5.08. The molecule has 0 aliphatic carbocycles. The van der Waals surface area contributed by atoms with Gasteiger partial charge in [-0.3, -0.25) is 4.79 Å². The lowest BCUT2D eigenvalue weighted by Gasteiger charge is -2.27. The minimum absolute atomic E-state index is 0.0805. The lowest BCUT2D eigenvalue weighted by molar-refractivity contribution is -0.133. The second kappa shape index (κ2) is 8.34. The number of benzene rings is 1. The summed E-state index contributed by atoms with van der Waals surface area (Å²) >= 11 is 0. The van der Waals surface area contributed by atoms with E-state index in [2.05, 4.69) is 36.4 Å². The van der Waals surface area contributed by atoms with E-state index in [1.165, 1.54) is 21.0 Å². The summed E-state index contributed by atoms with van der Waals surface area (Å²) in [7, 11) is 1.60. The molecule has 7 nitrogen and oxygen atoms in total. The molecular formula is C23H30N4O3. The second-order valence-electron chi connectivity index (χ2n) is 8.86. The van der Waals surface area contributed by atoms with Gasteiger partial charge in [0.05, 0.1) is 12.0 Å². The van der Waals surface area contributed by atoms with Crippen LogP contribution in [0.5, 0.6) is 0 Å². The zero-order valence-electron chi connectivity index (χ0n) is 18.5. The van der Waals surface area contributed by atoms with Crippen LogP contribution in [0.15, 0.2) is 46.1 Å². The minimum atomic E-state index is -0.382. The molecule has 160 valence electrons. The number of nitrogens with zero attached hydrogens (tertiary/aromatic N) is 3. The molecule has 3 rings (SSSR count). The zero-order chi connectivity index (χ0) is 22.1. The van der Waals surface area contributed by atoms with Crippen molar-refractivity contribution in [3.63, 3.8) is 0 Å². The molecule has 0 radical (unpaired) electrons. The lowest BCUT2D eigenvalue weighted by atomic mass is 9.99. The normalized spacial score (nSPS) is 16.4. The summed E-state index contributed by atoms with van der Waals surface area (Å²) in [6.07, 6.45) is 2.15. The van der Waals surface area contributed by atoms with E-state index in [-0.39, 0.29) is 30.1 Å². The van der Waals surface area contributed by atoms with E-state index in [0.29, 0.717) is 12.2 Å². The van der Waals surface area contributed by atoms with Gasteiger partial charge in [-0.2, -0.15) is 5.10 Å². The minimum Gasteiger partial charge on any atom is -0.467 e. The predicted molar refractivity (Wildman–Crippen MR) is 116 cm³/mol. The van der Waals surface area contributed by atoms with Gasteiger partial charge in [0.15, 0.2) is 0 Å². The van der Waals surface area contributed by atoms with Crippen LogP contribution in [0.1, 0.15) is 55.7 Å². The molecule has 0 spiro atoms. The second-order valence-corrected chi connectivity index (χ2v) is 8.86. The molecule has 0 bridgehead atoms. The SMILES string of the molecule is Cc1ccc(C2=NN(C(=O)CN(C)C(=O)NC(C)(C)C)[C@H](c3ccco3)C2)cc1C. The average Bonchev–Trinajstić information content (AvgIpc) is 3.31. The van der Waals surface area contributed by atoms with Crippen LogP contribution in [0, 0.1) is 13.8 Å². The first kappa shape index (κ1) is 21.6. The number of aryl methyl sites for hydroxylation is 2. The van der Waals surface area contributed by atoms with E-state index >= 15 is 0 Å². The van der Waals surface area contributed by atoms with Crippen LogP contribution in [0.4, 0.5) is 4.79 Å². The van der Waals surface area contributed by atoms with Crippen molar-refractivity contribution < 1.29 is 14.0 Å². The Hall–Kier alpha value is -3.09. The first-order valence-electron chi connectivity index (χ1n) is 10.1. The van der Waals surface area contributed by atoms with Crippen molar-refractivity contribution in [3.05, 3.63) is 59.0 Å². The maximum absolute atomic E-state index is 13.1. The van der Waals surface area contributed by atoms with E-state index < -0.39 is 0 Å². The molecule has 30 heavy (non-hydrogen) atoms. The van der Waals surface area contributed by atoms with Crippen LogP contribution in [-0.2, 0) is 4.79 Å². The van der Waals surface area contributed by atoms with Crippen LogP contribution in [-0.4, -0.2) is 46.7 Å². The molecule has 0 saturated heterocycles. The van der Waals surface area contributed by atoms with Gasteiger partial charge in [0, 0.05) is 19.0 Å². The summed E-state index contributed by atoms with van der Waals surface area (Å²) in [6.45, 7) is 9.73. The molecule has 0 unspecified atom stereocenters. The van der Waals surface area contributed by atoms with Crippen molar-refractivity contribution in [1.29, 1.82) is 0 Å². The van der Waals surface area contributed by atoms with E-state index in [4.69, 9.17) is 4.42 Å². The standard InChI is InChI=1S/C23H30N4O3/c1-15-9-10-17(12-16(15)2)18-13-19(20-8-7-11-30-20)27(25-18)21(28)14-26(6)22(29)24-23(3,4)5/h7-12,19H,13-14H2,1-6H3,(H,24,29)/t19-/m0/s1. The summed E-state index contributed by atoms with van der Waals surface area (Å²) in [6, 6.07) is 9.19. The number of hydrazone groups is 1. The Morgan fingerprint density at radius 3 is 2.57 bits per heavy atom. The largest absolute Gasteiger partial charge is 0.467 e. The fourth-order valence-corrected chi connectivity index (χ4v) is 3.30. The van der Waals surface area contributed by atoms with Gasteiger partial charge in [-0.25, -0.2) is 9.80 Å². The number of likely N-dealkylation sites (N-methyl/N-ethyl adjacent to an activating group) is 1. The Balaban J connectivity index is 1.82. The molecule has 0 saturated carbocycles. The maximum Gasteiger partial charge on any atom is 0.318 e. The smallest absolute Gasteiger partial charge is 0.318 e. The summed E-state index contributed by atoms with van der Waals surface area (Å²) in [5.74, 6) is 0.412. The number of rotatable bonds is 4. The first-order valence-corrected chi connectivity index (χ1v) is 10.1. The van der Waals surface area contributed by atoms with Gasteiger partial charge in [-0.1, -0.05) is 12.1 Å². The first-order chi connectivity index (χ1) is 14.0. The van der Waals surface area contributed by atoms with Crippen LogP contribution in [0.3, 0.4) is 0 Å². The van der Waals surface area contributed by atoms with E-state index in [1.807, 2.05) is 32.9 Å². The Morgan fingerprint density at radius 2 is 1.97 bits per heavy atom. The van der Waals surface area contributed by atoms with Crippen LogP contribution >= 0.6 is 0 Å². The van der Waals surface area contributed by atoms with Gasteiger partial charge >= 0.3 is 6.03 Å². The Labute approximate surface area is 177 Å². The molecule has 2 aromatic rings. The van der Waals surface area contributed by atoms with Gasteiger partial charge in [-0.15, -0.1) is 0 Å². The highest BCUT2D eigenvalue weighted by molar-refractivity contribution is 6.03. The number of carbonyl (C=O) groups excluding carboxylic acids is 2. The summed E-state index contributed by atoms with van der Waals surface area (Å²) in [4.78, 5) is 26.8. The number of carbonyl (C=O) groups is 2. The molecule has 7 heteroatoms. The van der Waals surface area contributed by atoms with Crippen molar-refractivity contribution in [2.24, 2.45) is 5.10 Å². The summed E-state index contributed by atoms with van der Waals surface area (Å²) in [5, 5.41) is 8.95. The summed E-state index contributed by atoms with van der Waals surface area (Å²) < 4.78 is 5.58. The molecule has 0 fully saturated rings. The van der Waals surface area contributed by atoms with Gasteiger partial charge < -0.3 is 14.6 Å². The number of hydrogen-bond acceptors (Lipinski definition) is 4. The molecule has 1 atom stereocenters. The molecule has 1 N–H and O–H groups in total. The van der Waals surface area contributed by atoms with E-state index in [0.717, 1.165) is 11.3 Å². The van der Waals surface area contributed by atoms with Crippen molar-refractivity contribution in [1.82, 2.24) is 15.2 Å².